The van der Waals surface area contributed by atoms with Gasteiger partial charge in [0.15, 0.2) is 5.82 Å². The third kappa shape index (κ3) is 3.60. The number of carbonyl (C=O) groups excluding carboxylic acids is 1. The molecule has 0 aromatic carbocycles. The largest absolute Gasteiger partial charge is 0.378 e. The van der Waals surface area contributed by atoms with E-state index in [0.717, 1.165) is 13.1 Å². The van der Waals surface area contributed by atoms with Gasteiger partial charge >= 0.3 is 0 Å². The highest BCUT2D eigenvalue weighted by Gasteiger charge is 2.18. The van der Waals surface area contributed by atoms with Crippen molar-refractivity contribution < 1.29 is 9.53 Å². The lowest BCUT2D eigenvalue weighted by Crippen LogP contribution is -2.37. The van der Waals surface area contributed by atoms with Gasteiger partial charge in [0.2, 0.25) is 5.95 Å². The molecule has 0 spiro atoms. The summed E-state index contributed by atoms with van der Waals surface area (Å²) < 4.78 is 5.35. The molecule has 0 unspecified atom stereocenters. The van der Waals surface area contributed by atoms with Gasteiger partial charge in [-0.2, -0.15) is 4.98 Å². The molecule has 126 valence electrons. The first-order valence-corrected chi connectivity index (χ1v) is 7.73. The summed E-state index contributed by atoms with van der Waals surface area (Å²) in [6.07, 6.45) is 4.79. The lowest BCUT2D eigenvalue weighted by Gasteiger charge is -2.28. The molecular formula is C16H20N6O2. The SMILES string of the molecule is CN(C)c1nc(N2CCOCC2)ncc1NC(=O)c1cccnc1. The van der Waals surface area contributed by atoms with Crippen molar-refractivity contribution in [2.75, 3.05) is 55.5 Å². The zero-order chi connectivity index (χ0) is 16.9. The first-order chi connectivity index (χ1) is 11.6. The number of hydrogen-bond donors (Lipinski definition) is 1. The smallest absolute Gasteiger partial charge is 0.257 e. The van der Waals surface area contributed by atoms with E-state index < -0.39 is 0 Å². The Morgan fingerprint density at radius 3 is 2.75 bits per heavy atom. The van der Waals surface area contributed by atoms with E-state index in [4.69, 9.17) is 4.74 Å². The van der Waals surface area contributed by atoms with Crippen LogP contribution in [0.5, 0.6) is 0 Å². The molecule has 8 nitrogen and oxygen atoms in total. The number of carbonyl (C=O) groups is 1. The van der Waals surface area contributed by atoms with Crippen LogP contribution in [-0.2, 0) is 4.74 Å². The molecule has 1 amide bonds. The van der Waals surface area contributed by atoms with Crippen LogP contribution in [0.2, 0.25) is 0 Å². The minimum Gasteiger partial charge on any atom is -0.378 e. The fraction of sp³-hybridized carbons (Fsp3) is 0.375. The summed E-state index contributed by atoms with van der Waals surface area (Å²) in [5.41, 5.74) is 1.05. The van der Waals surface area contributed by atoms with Gasteiger partial charge in [-0.15, -0.1) is 0 Å². The van der Waals surface area contributed by atoms with Gasteiger partial charge in [-0.05, 0) is 12.1 Å². The summed E-state index contributed by atoms with van der Waals surface area (Å²) in [6, 6.07) is 3.43. The number of ether oxygens (including phenoxy) is 1. The average Bonchev–Trinajstić information content (AvgIpc) is 2.63. The van der Waals surface area contributed by atoms with Crippen molar-refractivity contribution in [3.05, 3.63) is 36.3 Å². The Kier molecular flexibility index (Phi) is 4.85. The quantitative estimate of drug-likeness (QED) is 0.897. The predicted octanol–water partition coefficient (Wildman–Crippen LogP) is 1.03. The molecule has 1 saturated heterocycles. The van der Waals surface area contributed by atoms with Crippen LogP contribution >= 0.6 is 0 Å². The van der Waals surface area contributed by atoms with Crippen LogP contribution in [0.15, 0.2) is 30.7 Å². The molecule has 1 aliphatic heterocycles. The van der Waals surface area contributed by atoms with Gasteiger partial charge in [0.1, 0.15) is 5.69 Å². The summed E-state index contributed by atoms with van der Waals surface area (Å²) >= 11 is 0. The highest BCUT2D eigenvalue weighted by Crippen LogP contribution is 2.24. The molecule has 0 atom stereocenters. The summed E-state index contributed by atoms with van der Waals surface area (Å²) in [5, 5.41) is 2.85. The van der Waals surface area contributed by atoms with Crippen LogP contribution < -0.4 is 15.1 Å². The molecule has 3 heterocycles. The Morgan fingerprint density at radius 2 is 2.08 bits per heavy atom. The maximum absolute atomic E-state index is 12.3. The second-order valence-electron chi connectivity index (χ2n) is 5.60. The third-order valence-electron chi connectivity index (χ3n) is 3.65. The first-order valence-electron chi connectivity index (χ1n) is 7.73. The molecule has 0 saturated carbocycles. The van der Waals surface area contributed by atoms with Crippen molar-refractivity contribution >= 4 is 23.4 Å². The Hall–Kier alpha value is -2.74. The number of aromatic nitrogens is 3. The minimum atomic E-state index is -0.242. The van der Waals surface area contributed by atoms with E-state index >= 15 is 0 Å². The number of morpholine rings is 1. The molecular weight excluding hydrogens is 308 g/mol. The predicted molar refractivity (Wildman–Crippen MR) is 91.6 cm³/mol. The van der Waals surface area contributed by atoms with E-state index in [1.165, 1.54) is 6.20 Å². The minimum absolute atomic E-state index is 0.242. The number of pyridine rings is 1. The third-order valence-corrected chi connectivity index (χ3v) is 3.65. The fourth-order valence-electron chi connectivity index (χ4n) is 2.40. The summed E-state index contributed by atoms with van der Waals surface area (Å²) in [4.78, 5) is 29.2. The van der Waals surface area contributed by atoms with Gasteiger partial charge < -0.3 is 19.9 Å². The number of anilines is 3. The van der Waals surface area contributed by atoms with Gasteiger partial charge in [0.25, 0.3) is 5.91 Å². The van der Waals surface area contributed by atoms with Crippen molar-refractivity contribution in [1.29, 1.82) is 0 Å². The highest BCUT2D eigenvalue weighted by molar-refractivity contribution is 6.05. The lowest BCUT2D eigenvalue weighted by molar-refractivity contribution is 0.102. The van der Waals surface area contributed by atoms with Crippen molar-refractivity contribution in [2.45, 2.75) is 0 Å². The Morgan fingerprint density at radius 1 is 1.29 bits per heavy atom. The number of nitrogens with one attached hydrogen (secondary N) is 1. The van der Waals surface area contributed by atoms with Crippen LogP contribution in [0, 0.1) is 0 Å². The van der Waals surface area contributed by atoms with Crippen LogP contribution in [0.4, 0.5) is 17.5 Å². The van der Waals surface area contributed by atoms with Crippen LogP contribution in [0.3, 0.4) is 0 Å². The number of rotatable bonds is 4. The van der Waals surface area contributed by atoms with Gasteiger partial charge in [-0.1, -0.05) is 0 Å². The number of hydrogen-bond acceptors (Lipinski definition) is 7. The maximum Gasteiger partial charge on any atom is 0.257 e. The van der Waals surface area contributed by atoms with Crippen LogP contribution in [0.25, 0.3) is 0 Å². The Balaban J connectivity index is 1.83. The second-order valence-corrected chi connectivity index (χ2v) is 5.60. The number of nitrogens with zero attached hydrogens (tertiary/aromatic N) is 5. The zero-order valence-electron chi connectivity index (χ0n) is 13.8. The van der Waals surface area contributed by atoms with Crippen molar-refractivity contribution in [3.63, 3.8) is 0 Å². The molecule has 24 heavy (non-hydrogen) atoms. The normalized spacial score (nSPS) is 14.3. The molecule has 1 N–H and O–H groups in total. The molecule has 8 heteroatoms. The van der Waals surface area contributed by atoms with E-state index in [2.05, 4.69) is 25.2 Å². The topological polar surface area (TPSA) is 83.5 Å². The molecule has 3 rings (SSSR count). The van der Waals surface area contributed by atoms with Gasteiger partial charge in [0, 0.05) is 39.6 Å². The van der Waals surface area contributed by atoms with Gasteiger partial charge in [0.05, 0.1) is 25.0 Å². The van der Waals surface area contributed by atoms with Crippen molar-refractivity contribution in [3.8, 4) is 0 Å². The monoisotopic (exact) mass is 328 g/mol. The second kappa shape index (κ2) is 7.22. The summed E-state index contributed by atoms with van der Waals surface area (Å²) in [7, 11) is 3.76. The molecule has 0 bridgehead atoms. The van der Waals surface area contributed by atoms with E-state index in [9.17, 15) is 4.79 Å². The Bertz CT molecular complexity index is 701. The summed E-state index contributed by atoms with van der Waals surface area (Å²) in [5.74, 6) is 1.05. The standard InChI is InChI=1S/C16H20N6O2/c1-21(2)14-13(19-15(23)12-4-3-5-17-10-12)11-18-16(20-14)22-6-8-24-9-7-22/h3-5,10-11H,6-9H2,1-2H3,(H,19,23). The van der Waals surface area contributed by atoms with E-state index in [-0.39, 0.29) is 5.91 Å². The Labute approximate surface area is 140 Å². The zero-order valence-corrected chi connectivity index (χ0v) is 13.8. The average molecular weight is 328 g/mol. The van der Waals surface area contributed by atoms with Crippen molar-refractivity contribution in [1.82, 2.24) is 15.0 Å². The van der Waals surface area contributed by atoms with E-state index in [1.807, 2.05) is 19.0 Å². The van der Waals surface area contributed by atoms with E-state index in [0.29, 0.717) is 36.2 Å². The molecule has 2 aromatic rings. The molecule has 1 aliphatic rings. The van der Waals surface area contributed by atoms with Crippen molar-refractivity contribution in [2.24, 2.45) is 0 Å². The maximum atomic E-state index is 12.3. The fourth-order valence-corrected chi connectivity index (χ4v) is 2.40. The van der Waals surface area contributed by atoms with E-state index in [1.54, 1.807) is 24.5 Å². The number of amides is 1. The lowest BCUT2D eigenvalue weighted by atomic mass is 10.2. The molecule has 0 radical (unpaired) electrons. The van der Waals surface area contributed by atoms with Crippen LogP contribution in [0.1, 0.15) is 10.4 Å². The highest BCUT2D eigenvalue weighted by atomic mass is 16.5. The van der Waals surface area contributed by atoms with Gasteiger partial charge in [-0.3, -0.25) is 9.78 Å². The van der Waals surface area contributed by atoms with Crippen LogP contribution in [-0.4, -0.2) is 61.3 Å². The first kappa shape index (κ1) is 16.1. The molecule has 2 aromatic heterocycles. The van der Waals surface area contributed by atoms with Gasteiger partial charge in [-0.25, -0.2) is 4.98 Å². The summed E-state index contributed by atoms with van der Waals surface area (Å²) in [6.45, 7) is 2.85. The molecule has 1 fully saturated rings. The molecule has 0 aliphatic carbocycles.